The summed E-state index contributed by atoms with van der Waals surface area (Å²) in [5.74, 6) is -1.13. The molecule has 0 aliphatic heterocycles. The molecule has 3 aromatic rings. The Bertz CT molecular complexity index is 1160. The summed E-state index contributed by atoms with van der Waals surface area (Å²) in [7, 11) is 0. The van der Waals surface area contributed by atoms with E-state index < -0.39 is 18.5 Å². The van der Waals surface area contributed by atoms with Gasteiger partial charge >= 0.3 is 5.97 Å². The first-order valence-corrected chi connectivity index (χ1v) is 9.65. The molecule has 6 nitrogen and oxygen atoms in total. The summed E-state index contributed by atoms with van der Waals surface area (Å²) in [6.45, 7) is -0.452. The van der Waals surface area contributed by atoms with Crippen LogP contribution in [0.25, 0.3) is 0 Å². The van der Waals surface area contributed by atoms with E-state index in [0.717, 1.165) is 4.90 Å². The Morgan fingerprint density at radius 2 is 1.53 bits per heavy atom. The van der Waals surface area contributed by atoms with Crippen LogP contribution in [0.3, 0.4) is 0 Å². The third kappa shape index (κ3) is 5.26. The Kier molecular flexibility index (Phi) is 6.83. The number of nitriles is 2. The first-order valence-electron chi connectivity index (χ1n) is 8.84. The first-order chi connectivity index (χ1) is 14.6. The van der Waals surface area contributed by atoms with Crippen LogP contribution in [0.15, 0.2) is 82.6 Å². The molecule has 1 N–H and O–H groups in total. The lowest BCUT2D eigenvalue weighted by Gasteiger charge is -2.10. The van der Waals surface area contributed by atoms with E-state index in [1.807, 2.05) is 12.1 Å². The SMILES string of the molecule is N#Cc1ccc(NC(=O)COC(=O)c2ccccc2Sc2ccccc2C#N)cc1. The number of ether oxygens (including phenoxy) is 1. The molecule has 146 valence electrons. The molecule has 7 heteroatoms. The zero-order chi connectivity index (χ0) is 21.3. The summed E-state index contributed by atoms with van der Waals surface area (Å²) in [6.07, 6.45) is 0. The van der Waals surface area contributed by atoms with E-state index in [9.17, 15) is 14.9 Å². The molecule has 0 unspecified atom stereocenters. The number of nitrogens with zero attached hydrogens (tertiary/aromatic N) is 2. The standard InChI is InChI=1S/C23H15N3O3S/c24-13-16-9-11-18(12-10-16)26-22(27)15-29-23(28)19-6-2-4-8-21(19)30-20-7-3-1-5-17(20)14-25/h1-12H,15H2,(H,26,27). The summed E-state index contributed by atoms with van der Waals surface area (Å²) in [6, 6.07) is 24.4. The third-order valence-electron chi connectivity index (χ3n) is 3.97. The second-order valence-corrected chi connectivity index (χ2v) is 7.10. The average molecular weight is 413 g/mol. The molecular weight excluding hydrogens is 398 g/mol. The summed E-state index contributed by atoms with van der Waals surface area (Å²) in [5.41, 5.74) is 1.79. The van der Waals surface area contributed by atoms with Gasteiger partial charge in [-0.25, -0.2) is 4.79 Å². The fraction of sp³-hybridized carbons (Fsp3) is 0.0435. The third-order valence-corrected chi connectivity index (χ3v) is 5.12. The minimum Gasteiger partial charge on any atom is -0.452 e. The van der Waals surface area contributed by atoms with E-state index in [1.54, 1.807) is 66.7 Å². The van der Waals surface area contributed by atoms with Crippen molar-refractivity contribution in [1.82, 2.24) is 0 Å². The van der Waals surface area contributed by atoms with Crippen LogP contribution in [-0.2, 0) is 9.53 Å². The molecule has 0 aromatic heterocycles. The molecule has 0 spiro atoms. The van der Waals surface area contributed by atoms with Gasteiger partial charge in [-0.2, -0.15) is 10.5 Å². The molecule has 0 bridgehead atoms. The fourth-order valence-electron chi connectivity index (χ4n) is 2.52. The summed E-state index contributed by atoms with van der Waals surface area (Å²) in [4.78, 5) is 25.9. The number of nitrogens with one attached hydrogen (secondary N) is 1. The summed E-state index contributed by atoms with van der Waals surface area (Å²) in [5, 5.41) is 20.7. The maximum Gasteiger partial charge on any atom is 0.339 e. The van der Waals surface area contributed by atoms with Gasteiger partial charge in [0.1, 0.15) is 6.07 Å². The predicted octanol–water partition coefficient (Wildman–Crippen LogP) is 4.38. The van der Waals surface area contributed by atoms with Crippen molar-refractivity contribution in [3.63, 3.8) is 0 Å². The van der Waals surface area contributed by atoms with Gasteiger partial charge in [0.15, 0.2) is 6.61 Å². The first kappa shape index (κ1) is 20.7. The average Bonchev–Trinajstić information content (AvgIpc) is 2.78. The van der Waals surface area contributed by atoms with Gasteiger partial charge < -0.3 is 10.1 Å². The van der Waals surface area contributed by atoms with Crippen LogP contribution in [0.5, 0.6) is 0 Å². The van der Waals surface area contributed by atoms with Crippen molar-refractivity contribution < 1.29 is 14.3 Å². The number of benzene rings is 3. The molecule has 0 fully saturated rings. The molecule has 30 heavy (non-hydrogen) atoms. The van der Waals surface area contributed by atoms with Crippen LogP contribution in [0.4, 0.5) is 5.69 Å². The van der Waals surface area contributed by atoms with Crippen LogP contribution >= 0.6 is 11.8 Å². The van der Waals surface area contributed by atoms with E-state index >= 15 is 0 Å². The molecule has 0 saturated heterocycles. The van der Waals surface area contributed by atoms with Crippen molar-refractivity contribution in [3.05, 3.63) is 89.5 Å². The minimum atomic E-state index is -0.637. The lowest BCUT2D eigenvalue weighted by molar-refractivity contribution is -0.119. The van der Waals surface area contributed by atoms with Crippen molar-refractivity contribution in [1.29, 1.82) is 10.5 Å². The second kappa shape index (κ2) is 9.92. The van der Waals surface area contributed by atoms with Crippen LogP contribution in [0.2, 0.25) is 0 Å². The topological polar surface area (TPSA) is 103 Å². The number of esters is 1. The van der Waals surface area contributed by atoms with Gasteiger partial charge in [-0.1, -0.05) is 36.0 Å². The van der Waals surface area contributed by atoms with E-state index in [-0.39, 0.29) is 0 Å². The lowest BCUT2D eigenvalue weighted by atomic mass is 10.2. The Labute approximate surface area is 177 Å². The van der Waals surface area contributed by atoms with Gasteiger partial charge in [-0.05, 0) is 48.5 Å². The van der Waals surface area contributed by atoms with Gasteiger partial charge in [0, 0.05) is 15.5 Å². The molecule has 0 saturated carbocycles. The molecule has 0 aliphatic carbocycles. The lowest BCUT2D eigenvalue weighted by Crippen LogP contribution is -2.21. The van der Waals surface area contributed by atoms with E-state index in [2.05, 4.69) is 11.4 Å². The normalized spacial score (nSPS) is 9.80. The molecule has 0 heterocycles. The zero-order valence-electron chi connectivity index (χ0n) is 15.7. The van der Waals surface area contributed by atoms with Gasteiger partial charge in [0.25, 0.3) is 5.91 Å². The highest BCUT2D eigenvalue weighted by molar-refractivity contribution is 7.99. The van der Waals surface area contributed by atoms with Crippen molar-refractivity contribution in [2.45, 2.75) is 9.79 Å². The van der Waals surface area contributed by atoms with E-state index in [4.69, 9.17) is 10.00 Å². The monoisotopic (exact) mass is 413 g/mol. The van der Waals surface area contributed by atoms with E-state index in [0.29, 0.717) is 27.3 Å². The number of anilines is 1. The van der Waals surface area contributed by atoms with Crippen molar-refractivity contribution >= 4 is 29.3 Å². The number of hydrogen-bond acceptors (Lipinski definition) is 6. The smallest absolute Gasteiger partial charge is 0.339 e. The largest absolute Gasteiger partial charge is 0.452 e. The quantitative estimate of drug-likeness (QED) is 0.602. The maximum absolute atomic E-state index is 12.5. The van der Waals surface area contributed by atoms with Gasteiger partial charge in [-0.15, -0.1) is 0 Å². The number of rotatable bonds is 6. The van der Waals surface area contributed by atoms with E-state index in [1.165, 1.54) is 11.8 Å². The number of hydrogen-bond donors (Lipinski definition) is 1. The Hall–Kier alpha value is -4.07. The zero-order valence-corrected chi connectivity index (χ0v) is 16.5. The highest BCUT2D eigenvalue weighted by Crippen LogP contribution is 2.32. The highest BCUT2D eigenvalue weighted by Gasteiger charge is 2.16. The van der Waals surface area contributed by atoms with Crippen molar-refractivity contribution in [2.75, 3.05) is 11.9 Å². The second-order valence-electron chi connectivity index (χ2n) is 6.02. The Morgan fingerprint density at radius 3 is 2.23 bits per heavy atom. The van der Waals surface area contributed by atoms with Crippen LogP contribution < -0.4 is 5.32 Å². The molecule has 0 aliphatic rings. The van der Waals surface area contributed by atoms with Gasteiger partial charge in [0.05, 0.1) is 22.8 Å². The van der Waals surface area contributed by atoms with Crippen molar-refractivity contribution in [3.8, 4) is 12.1 Å². The maximum atomic E-state index is 12.5. The fourth-order valence-corrected chi connectivity index (χ4v) is 3.54. The highest BCUT2D eigenvalue weighted by atomic mass is 32.2. The van der Waals surface area contributed by atoms with Gasteiger partial charge in [-0.3, -0.25) is 4.79 Å². The van der Waals surface area contributed by atoms with Crippen molar-refractivity contribution in [2.24, 2.45) is 0 Å². The molecule has 3 rings (SSSR count). The summed E-state index contributed by atoms with van der Waals surface area (Å²) >= 11 is 1.28. The molecular formula is C23H15N3O3S. The molecule has 0 radical (unpaired) electrons. The number of carbonyl (C=O) groups is 2. The Morgan fingerprint density at radius 1 is 0.867 bits per heavy atom. The predicted molar refractivity (Wildman–Crippen MR) is 112 cm³/mol. The number of carbonyl (C=O) groups excluding carboxylic acids is 2. The summed E-state index contributed by atoms with van der Waals surface area (Å²) < 4.78 is 5.16. The van der Waals surface area contributed by atoms with Crippen LogP contribution in [0, 0.1) is 22.7 Å². The molecule has 3 aromatic carbocycles. The number of amides is 1. The molecule has 0 atom stereocenters. The van der Waals surface area contributed by atoms with Gasteiger partial charge in [0.2, 0.25) is 0 Å². The van der Waals surface area contributed by atoms with Crippen LogP contribution in [-0.4, -0.2) is 18.5 Å². The molecule has 1 amide bonds. The van der Waals surface area contributed by atoms with Crippen LogP contribution in [0.1, 0.15) is 21.5 Å². The minimum absolute atomic E-state index is 0.307. The Balaban J connectivity index is 1.65.